The second kappa shape index (κ2) is 7.70. The van der Waals surface area contributed by atoms with E-state index in [0.717, 1.165) is 43.4 Å². The number of nitrogens with zero attached hydrogens (tertiary/aromatic N) is 3. The summed E-state index contributed by atoms with van der Waals surface area (Å²) in [5, 5.41) is 13.4. The molecule has 3 heterocycles. The molecule has 1 aromatic heterocycles. The van der Waals surface area contributed by atoms with Crippen LogP contribution in [-0.2, 0) is 16.0 Å². The average molecular weight is 339 g/mol. The fourth-order valence-corrected chi connectivity index (χ4v) is 4.03. The molecule has 0 aromatic carbocycles. The zero-order valence-corrected chi connectivity index (χ0v) is 14.4. The van der Waals surface area contributed by atoms with Crippen LogP contribution in [0.2, 0.25) is 0 Å². The highest BCUT2D eigenvalue weighted by Gasteiger charge is 2.31. The minimum absolute atomic E-state index is 0.116. The summed E-state index contributed by atoms with van der Waals surface area (Å²) in [6, 6.07) is 0.137. The van der Waals surface area contributed by atoms with Gasteiger partial charge in [-0.2, -0.15) is 0 Å². The molecule has 0 aliphatic carbocycles. The van der Waals surface area contributed by atoms with Crippen LogP contribution in [0.5, 0.6) is 0 Å². The Morgan fingerprint density at radius 2 is 2.09 bits per heavy atom. The Hall–Kier alpha value is -1.02. The van der Waals surface area contributed by atoms with Crippen molar-refractivity contribution in [2.24, 2.45) is 0 Å². The van der Waals surface area contributed by atoms with Crippen LogP contribution in [0.4, 0.5) is 0 Å². The van der Waals surface area contributed by atoms with E-state index in [1.807, 2.05) is 17.2 Å². The number of rotatable bonds is 3. The summed E-state index contributed by atoms with van der Waals surface area (Å²) in [6.07, 6.45) is 1.46. The van der Waals surface area contributed by atoms with E-state index >= 15 is 0 Å². The van der Waals surface area contributed by atoms with Crippen LogP contribution in [0.3, 0.4) is 0 Å². The van der Waals surface area contributed by atoms with Crippen molar-refractivity contribution in [2.75, 3.05) is 39.4 Å². The summed E-state index contributed by atoms with van der Waals surface area (Å²) in [6.45, 7) is 6.49. The Kier molecular flexibility index (Phi) is 5.63. The first-order chi connectivity index (χ1) is 11.1. The Labute approximate surface area is 141 Å². The molecular formula is C16H25N3O3S. The van der Waals surface area contributed by atoms with Gasteiger partial charge in [-0.1, -0.05) is 0 Å². The van der Waals surface area contributed by atoms with Crippen molar-refractivity contribution in [3.05, 3.63) is 16.1 Å². The lowest BCUT2D eigenvalue weighted by Gasteiger charge is -2.36. The molecule has 2 atom stereocenters. The first-order valence-electron chi connectivity index (χ1n) is 8.32. The predicted molar refractivity (Wildman–Crippen MR) is 88.6 cm³/mol. The molecule has 23 heavy (non-hydrogen) atoms. The maximum absolute atomic E-state index is 12.5. The van der Waals surface area contributed by atoms with E-state index in [-0.39, 0.29) is 18.1 Å². The van der Waals surface area contributed by atoms with E-state index < -0.39 is 0 Å². The summed E-state index contributed by atoms with van der Waals surface area (Å²) in [4.78, 5) is 21.1. The molecule has 128 valence electrons. The van der Waals surface area contributed by atoms with Gasteiger partial charge in [0.25, 0.3) is 0 Å². The summed E-state index contributed by atoms with van der Waals surface area (Å²) in [5.74, 6) is 0.116. The number of likely N-dealkylation sites (tertiary alicyclic amines) is 1. The molecule has 1 aromatic rings. The number of carbonyl (C=O) groups is 1. The number of morpholine rings is 1. The summed E-state index contributed by atoms with van der Waals surface area (Å²) in [5.41, 5.74) is 0.854. The van der Waals surface area contributed by atoms with Gasteiger partial charge in [-0.05, 0) is 19.8 Å². The Balaban J connectivity index is 1.57. The van der Waals surface area contributed by atoms with E-state index in [0.29, 0.717) is 25.9 Å². The lowest BCUT2D eigenvalue weighted by Crippen LogP contribution is -2.49. The topological polar surface area (TPSA) is 65.9 Å². The smallest absolute Gasteiger partial charge is 0.228 e. The number of aliphatic hydroxyl groups excluding tert-OH is 1. The molecule has 1 N–H and O–H groups in total. The SMILES string of the molecule is Cc1nc(CC(=O)N2CC[C@H](O)[C@@H](N3CCOCC3)CC2)cs1. The largest absolute Gasteiger partial charge is 0.391 e. The van der Waals surface area contributed by atoms with Gasteiger partial charge < -0.3 is 14.7 Å². The van der Waals surface area contributed by atoms with Gasteiger partial charge >= 0.3 is 0 Å². The van der Waals surface area contributed by atoms with Gasteiger partial charge in [0.15, 0.2) is 0 Å². The molecule has 2 aliphatic rings. The van der Waals surface area contributed by atoms with Gasteiger partial charge in [0, 0.05) is 37.6 Å². The van der Waals surface area contributed by atoms with Crippen LogP contribution in [0, 0.1) is 6.92 Å². The minimum Gasteiger partial charge on any atom is -0.391 e. The van der Waals surface area contributed by atoms with E-state index in [2.05, 4.69) is 9.88 Å². The van der Waals surface area contributed by atoms with Crippen LogP contribution in [0.25, 0.3) is 0 Å². The average Bonchev–Trinajstić information content (AvgIpc) is 2.85. The monoisotopic (exact) mass is 339 g/mol. The van der Waals surface area contributed by atoms with Crippen molar-refractivity contribution < 1.29 is 14.6 Å². The fraction of sp³-hybridized carbons (Fsp3) is 0.750. The molecule has 6 nitrogen and oxygen atoms in total. The highest BCUT2D eigenvalue weighted by Crippen LogP contribution is 2.20. The minimum atomic E-state index is -0.368. The van der Waals surface area contributed by atoms with Crippen LogP contribution >= 0.6 is 11.3 Å². The van der Waals surface area contributed by atoms with E-state index in [4.69, 9.17) is 4.74 Å². The molecule has 0 spiro atoms. The van der Waals surface area contributed by atoms with E-state index in [1.54, 1.807) is 11.3 Å². The Morgan fingerprint density at radius 1 is 1.35 bits per heavy atom. The molecule has 0 unspecified atom stereocenters. The van der Waals surface area contributed by atoms with Crippen LogP contribution in [-0.4, -0.2) is 77.3 Å². The summed E-state index contributed by atoms with van der Waals surface area (Å²) < 4.78 is 5.39. The molecule has 2 aliphatic heterocycles. The van der Waals surface area contributed by atoms with Crippen molar-refractivity contribution in [1.29, 1.82) is 0 Å². The number of aliphatic hydroxyl groups is 1. The number of carbonyl (C=O) groups excluding carboxylic acids is 1. The van der Waals surface area contributed by atoms with Crippen molar-refractivity contribution >= 4 is 17.2 Å². The van der Waals surface area contributed by atoms with Gasteiger partial charge in [-0.25, -0.2) is 4.98 Å². The molecule has 0 radical (unpaired) electrons. The number of aryl methyl sites for hydroxylation is 1. The van der Waals surface area contributed by atoms with Crippen molar-refractivity contribution in [1.82, 2.24) is 14.8 Å². The standard InChI is InChI=1S/C16H25N3O3S/c1-12-17-13(11-23-12)10-16(21)19-4-2-14(15(20)3-5-19)18-6-8-22-9-7-18/h11,14-15,20H,2-10H2,1H3/t14-,15-/m0/s1. The molecule has 3 rings (SSSR count). The quantitative estimate of drug-likeness (QED) is 0.877. The Bertz CT molecular complexity index is 530. The molecule has 0 saturated carbocycles. The second-order valence-corrected chi connectivity index (χ2v) is 7.34. The third-order valence-electron chi connectivity index (χ3n) is 4.70. The molecule has 2 fully saturated rings. The highest BCUT2D eigenvalue weighted by molar-refractivity contribution is 7.09. The number of aromatic nitrogens is 1. The van der Waals surface area contributed by atoms with Crippen LogP contribution < -0.4 is 0 Å². The fourth-order valence-electron chi connectivity index (χ4n) is 3.41. The molecule has 1 amide bonds. The van der Waals surface area contributed by atoms with E-state index in [1.165, 1.54) is 0 Å². The number of thiazole rings is 1. The molecule has 7 heteroatoms. The predicted octanol–water partition coefficient (Wildman–Crippen LogP) is 0.678. The highest BCUT2D eigenvalue weighted by atomic mass is 32.1. The van der Waals surface area contributed by atoms with Gasteiger partial charge in [0.1, 0.15) is 0 Å². The third-order valence-corrected chi connectivity index (χ3v) is 5.52. The summed E-state index contributed by atoms with van der Waals surface area (Å²) >= 11 is 1.58. The number of hydrogen-bond donors (Lipinski definition) is 1. The van der Waals surface area contributed by atoms with Gasteiger partial charge in [0.05, 0.1) is 36.4 Å². The normalized spacial score (nSPS) is 27.0. The van der Waals surface area contributed by atoms with Gasteiger partial charge in [-0.3, -0.25) is 9.69 Å². The van der Waals surface area contributed by atoms with Gasteiger partial charge in [-0.15, -0.1) is 11.3 Å². The van der Waals surface area contributed by atoms with Gasteiger partial charge in [0.2, 0.25) is 5.91 Å². The molecule has 2 saturated heterocycles. The van der Waals surface area contributed by atoms with Crippen molar-refractivity contribution in [2.45, 2.75) is 38.3 Å². The van der Waals surface area contributed by atoms with E-state index in [9.17, 15) is 9.90 Å². The molecule has 0 bridgehead atoms. The number of hydrogen-bond acceptors (Lipinski definition) is 6. The maximum atomic E-state index is 12.5. The van der Waals surface area contributed by atoms with Crippen molar-refractivity contribution in [3.63, 3.8) is 0 Å². The number of ether oxygens (including phenoxy) is 1. The second-order valence-electron chi connectivity index (χ2n) is 6.28. The lowest BCUT2D eigenvalue weighted by atomic mass is 10.0. The number of amides is 1. The van der Waals surface area contributed by atoms with Crippen LogP contribution in [0.1, 0.15) is 23.5 Å². The first-order valence-corrected chi connectivity index (χ1v) is 9.20. The Morgan fingerprint density at radius 3 is 2.78 bits per heavy atom. The molecular weight excluding hydrogens is 314 g/mol. The maximum Gasteiger partial charge on any atom is 0.228 e. The third kappa shape index (κ3) is 4.29. The first kappa shape index (κ1) is 16.8. The van der Waals surface area contributed by atoms with Crippen LogP contribution in [0.15, 0.2) is 5.38 Å². The zero-order chi connectivity index (χ0) is 16.2. The lowest BCUT2D eigenvalue weighted by molar-refractivity contribution is -0.130. The summed E-state index contributed by atoms with van der Waals surface area (Å²) in [7, 11) is 0. The zero-order valence-electron chi connectivity index (χ0n) is 13.6. The van der Waals surface area contributed by atoms with Crippen molar-refractivity contribution in [3.8, 4) is 0 Å².